The monoisotopic (exact) mass is 189 g/mol. The molecule has 5 heteroatoms. The number of halogens is 2. The molecule has 0 aliphatic carbocycles. The Balaban J connectivity index is 2.49. The Morgan fingerprint density at radius 1 is 1.54 bits per heavy atom. The van der Waals surface area contributed by atoms with E-state index in [-0.39, 0.29) is 5.69 Å². The smallest absolute Gasteiger partial charge is 0.282 e. The van der Waals surface area contributed by atoms with Crippen LogP contribution in [-0.4, -0.2) is 35.3 Å². The normalized spacial score (nSPS) is 11.5. The first kappa shape index (κ1) is 10.1. The van der Waals surface area contributed by atoms with Crippen LogP contribution in [0.2, 0.25) is 0 Å². The zero-order chi connectivity index (χ0) is 9.84. The molecule has 0 atom stereocenters. The summed E-state index contributed by atoms with van der Waals surface area (Å²) in [5, 5.41) is 3.72. The lowest BCUT2D eigenvalue weighted by molar-refractivity contribution is 0.145. The zero-order valence-electron chi connectivity index (χ0n) is 7.74. The van der Waals surface area contributed by atoms with Gasteiger partial charge in [0.05, 0.1) is 6.54 Å². The van der Waals surface area contributed by atoms with Gasteiger partial charge in [0, 0.05) is 12.7 Å². The van der Waals surface area contributed by atoms with Gasteiger partial charge in [-0.25, -0.2) is 8.78 Å². The lowest BCUT2D eigenvalue weighted by Crippen LogP contribution is -2.18. The molecule has 1 aromatic heterocycles. The van der Waals surface area contributed by atoms with E-state index in [1.807, 2.05) is 19.0 Å². The molecule has 1 aromatic rings. The van der Waals surface area contributed by atoms with Gasteiger partial charge in [-0.1, -0.05) is 0 Å². The van der Waals surface area contributed by atoms with Gasteiger partial charge in [-0.2, -0.15) is 5.10 Å². The van der Waals surface area contributed by atoms with Crippen molar-refractivity contribution >= 4 is 0 Å². The van der Waals surface area contributed by atoms with Crippen molar-refractivity contribution < 1.29 is 8.78 Å². The molecule has 74 valence electrons. The van der Waals surface area contributed by atoms with Crippen molar-refractivity contribution in [2.45, 2.75) is 13.0 Å². The van der Waals surface area contributed by atoms with Crippen LogP contribution >= 0.6 is 0 Å². The van der Waals surface area contributed by atoms with Gasteiger partial charge in [-0.15, -0.1) is 0 Å². The molecule has 3 nitrogen and oxygen atoms in total. The highest BCUT2D eigenvalue weighted by molar-refractivity contribution is 4.99. The Labute approximate surface area is 76.0 Å². The Bertz CT molecular complexity index is 258. The molecular weight excluding hydrogens is 176 g/mol. The number of nitrogens with zero attached hydrogens (tertiary/aromatic N) is 3. The first-order valence-corrected chi connectivity index (χ1v) is 4.06. The van der Waals surface area contributed by atoms with Crippen molar-refractivity contribution in [3.63, 3.8) is 0 Å². The third-order valence-corrected chi connectivity index (χ3v) is 1.66. The summed E-state index contributed by atoms with van der Waals surface area (Å²) in [7, 11) is 3.86. The van der Waals surface area contributed by atoms with Crippen LogP contribution in [0.4, 0.5) is 8.78 Å². The van der Waals surface area contributed by atoms with Crippen LogP contribution in [0.3, 0.4) is 0 Å². The van der Waals surface area contributed by atoms with E-state index in [1.165, 1.54) is 10.7 Å². The summed E-state index contributed by atoms with van der Waals surface area (Å²) in [6.07, 6.45) is -0.897. The molecule has 0 radical (unpaired) electrons. The van der Waals surface area contributed by atoms with E-state index in [2.05, 4.69) is 5.10 Å². The minimum Gasteiger partial charge on any atom is -0.308 e. The Kier molecular flexibility index (Phi) is 3.36. The lowest BCUT2D eigenvalue weighted by Gasteiger charge is -2.08. The molecular formula is C8H13F2N3. The molecule has 0 bridgehead atoms. The maximum atomic E-state index is 12.1. The fourth-order valence-electron chi connectivity index (χ4n) is 0.921. The minimum absolute atomic E-state index is 0.154. The predicted octanol–water partition coefficient (Wildman–Crippen LogP) is 1.38. The minimum atomic E-state index is -2.47. The summed E-state index contributed by atoms with van der Waals surface area (Å²) in [4.78, 5) is 1.98. The molecule has 13 heavy (non-hydrogen) atoms. The van der Waals surface area contributed by atoms with Crippen LogP contribution in [-0.2, 0) is 6.54 Å². The number of rotatable bonds is 4. The maximum absolute atomic E-state index is 12.1. The van der Waals surface area contributed by atoms with Crippen molar-refractivity contribution in [2.24, 2.45) is 0 Å². The van der Waals surface area contributed by atoms with Gasteiger partial charge in [-0.05, 0) is 20.2 Å². The van der Waals surface area contributed by atoms with Crippen LogP contribution in [0.15, 0.2) is 12.3 Å². The quantitative estimate of drug-likeness (QED) is 0.713. The number of likely N-dealkylation sites (N-methyl/N-ethyl adjacent to an activating group) is 1. The summed E-state index contributed by atoms with van der Waals surface area (Å²) in [5.74, 6) is 0. The number of hydrogen-bond donors (Lipinski definition) is 0. The Morgan fingerprint density at radius 3 is 2.69 bits per heavy atom. The average Bonchev–Trinajstić information content (AvgIpc) is 2.48. The second-order valence-corrected chi connectivity index (χ2v) is 3.11. The van der Waals surface area contributed by atoms with Crippen LogP contribution in [0.1, 0.15) is 12.1 Å². The summed E-state index contributed by atoms with van der Waals surface area (Å²) >= 11 is 0. The number of hydrogen-bond acceptors (Lipinski definition) is 2. The van der Waals surface area contributed by atoms with Crippen molar-refractivity contribution in [1.82, 2.24) is 14.7 Å². The van der Waals surface area contributed by atoms with E-state index in [4.69, 9.17) is 0 Å². The summed E-state index contributed by atoms with van der Waals surface area (Å²) in [6.45, 7) is 1.43. The largest absolute Gasteiger partial charge is 0.308 e. The summed E-state index contributed by atoms with van der Waals surface area (Å²) in [5.41, 5.74) is -0.154. The average molecular weight is 189 g/mol. The number of alkyl halides is 2. The molecule has 0 aliphatic heterocycles. The Morgan fingerprint density at radius 2 is 2.23 bits per heavy atom. The SMILES string of the molecule is CN(C)CCn1ccc(C(F)F)n1. The summed E-state index contributed by atoms with van der Waals surface area (Å²) in [6, 6.07) is 1.35. The third kappa shape index (κ3) is 3.10. The topological polar surface area (TPSA) is 21.1 Å². The molecule has 0 amide bonds. The highest BCUT2D eigenvalue weighted by Crippen LogP contribution is 2.15. The van der Waals surface area contributed by atoms with E-state index >= 15 is 0 Å². The van der Waals surface area contributed by atoms with Crippen LogP contribution < -0.4 is 0 Å². The third-order valence-electron chi connectivity index (χ3n) is 1.66. The van der Waals surface area contributed by atoms with E-state index in [9.17, 15) is 8.78 Å². The van der Waals surface area contributed by atoms with E-state index in [0.29, 0.717) is 6.54 Å². The molecule has 0 saturated carbocycles. The van der Waals surface area contributed by atoms with Crippen molar-refractivity contribution in [2.75, 3.05) is 20.6 Å². The van der Waals surface area contributed by atoms with Crippen LogP contribution in [0, 0.1) is 0 Å². The first-order valence-electron chi connectivity index (χ1n) is 4.06. The van der Waals surface area contributed by atoms with E-state index in [0.717, 1.165) is 6.54 Å². The maximum Gasteiger partial charge on any atom is 0.282 e. The van der Waals surface area contributed by atoms with Gasteiger partial charge in [0.25, 0.3) is 6.43 Å². The number of aromatic nitrogens is 2. The predicted molar refractivity (Wildman–Crippen MR) is 45.7 cm³/mol. The van der Waals surface area contributed by atoms with Crippen molar-refractivity contribution in [1.29, 1.82) is 0 Å². The van der Waals surface area contributed by atoms with Crippen molar-refractivity contribution in [3.05, 3.63) is 18.0 Å². The van der Waals surface area contributed by atoms with Gasteiger partial charge < -0.3 is 4.90 Å². The zero-order valence-corrected chi connectivity index (χ0v) is 7.74. The van der Waals surface area contributed by atoms with Gasteiger partial charge in [0.1, 0.15) is 5.69 Å². The molecule has 0 N–H and O–H groups in total. The molecule has 0 aliphatic rings. The van der Waals surface area contributed by atoms with Gasteiger partial charge in [0.15, 0.2) is 0 Å². The fourth-order valence-corrected chi connectivity index (χ4v) is 0.921. The second-order valence-electron chi connectivity index (χ2n) is 3.11. The molecule has 0 spiro atoms. The second kappa shape index (κ2) is 4.32. The molecule has 0 unspecified atom stereocenters. The highest BCUT2D eigenvalue weighted by atomic mass is 19.3. The lowest BCUT2D eigenvalue weighted by atomic mass is 10.5. The fraction of sp³-hybridized carbons (Fsp3) is 0.625. The highest BCUT2D eigenvalue weighted by Gasteiger charge is 2.09. The van der Waals surface area contributed by atoms with Crippen LogP contribution in [0.25, 0.3) is 0 Å². The summed E-state index contributed by atoms with van der Waals surface area (Å²) < 4.78 is 25.7. The van der Waals surface area contributed by atoms with E-state index < -0.39 is 6.43 Å². The molecule has 0 fully saturated rings. The molecule has 0 saturated heterocycles. The van der Waals surface area contributed by atoms with Gasteiger partial charge in [-0.3, -0.25) is 4.68 Å². The molecule has 0 aromatic carbocycles. The molecule has 1 rings (SSSR count). The van der Waals surface area contributed by atoms with Gasteiger partial charge in [0.2, 0.25) is 0 Å². The molecule has 1 heterocycles. The van der Waals surface area contributed by atoms with E-state index in [1.54, 1.807) is 6.20 Å². The standard InChI is InChI=1S/C8H13F2N3/c1-12(2)5-6-13-4-3-7(11-13)8(9)10/h3-4,8H,5-6H2,1-2H3. The first-order chi connectivity index (χ1) is 6.09. The van der Waals surface area contributed by atoms with Gasteiger partial charge >= 0.3 is 0 Å². The van der Waals surface area contributed by atoms with Crippen LogP contribution in [0.5, 0.6) is 0 Å². The Hall–Kier alpha value is -0.970. The van der Waals surface area contributed by atoms with Crippen molar-refractivity contribution in [3.8, 4) is 0 Å².